The van der Waals surface area contributed by atoms with Crippen LogP contribution in [-0.2, 0) is 0 Å². The van der Waals surface area contributed by atoms with E-state index in [0.717, 1.165) is 0 Å². The van der Waals surface area contributed by atoms with Gasteiger partial charge in [-0.3, -0.25) is 14.9 Å². The van der Waals surface area contributed by atoms with E-state index < -0.39 is 4.92 Å². The van der Waals surface area contributed by atoms with Gasteiger partial charge in [-0.2, -0.15) is 0 Å². The summed E-state index contributed by atoms with van der Waals surface area (Å²) in [5.74, 6) is 0.867. The maximum atomic E-state index is 11.1. The summed E-state index contributed by atoms with van der Waals surface area (Å²) in [5, 5.41) is 11.1. The van der Waals surface area contributed by atoms with Gasteiger partial charge in [-0.15, -0.1) is 0 Å². The van der Waals surface area contributed by atoms with Crippen molar-refractivity contribution < 1.29 is 23.6 Å². The Bertz CT molecular complexity index is 661. The molecule has 0 unspecified atom stereocenters. The van der Waals surface area contributed by atoms with Crippen LogP contribution < -0.4 is 9.47 Å². The largest absolute Gasteiger partial charge is 0.493 e. The van der Waals surface area contributed by atoms with Crippen LogP contribution in [0, 0.1) is 10.1 Å². The Balaban J connectivity index is 2.66. The van der Waals surface area contributed by atoms with Gasteiger partial charge < -0.3 is 13.9 Å². The van der Waals surface area contributed by atoms with E-state index in [0.29, 0.717) is 12.0 Å². The number of hydrogen-bond donors (Lipinski definition) is 0. The molecule has 0 N–H and O–H groups in total. The van der Waals surface area contributed by atoms with E-state index in [1.54, 1.807) is 0 Å². The van der Waals surface area contributed by atoms with E-state index in [9.17, 15) is 14.9 Å². The average molecular weight is 277 g/mol. The third-order valence-corrected chi connectivity index (χ3v) is 2.71. The second-order valence-electron chi connectivity index (χ2n) is 3.80. The molecule has 0 radical (unpaired) electrons. The van der Waals surface area contributed by atoms with Crippen LogP contribution in [0.2, 0.25) is 0 Å². The number of nitrogens with zero attached hydrogens (tertiary/aromatic N) is 1. The number of rotatable bonds is 5. The summed E-state index contributed by atoms with van der Waals surface area (Å²) in [7, 11) is 2.81. The first-order valence-corrected chi connectivity index (χ1v) is 5.56. The van der Waals surface area contributed by atoms with Crippen molar-refractivity contribution in [3.05, 3.63) is 40.1 Å². The van der Waals surface area contributed by atoms with Crippen molar-refractivity contribution >= 4 is 12.0 Å². The molecule has 1 aromatic carbocycles. The first-order valence-electron chi connectivity index (χ1n) is 5.56. The summed E-state index contributed by atoms with van der Waals surface area (Å²) < 4.78 is 15.3. The Hall–Kier alpha value is -2.83. The lowest BCUT2D eigenvalue weighted by molar-refractivity contribution is -0.384. The third-order valence-electron chi connectivity index (χ3n) is 2.71. The molecule has 0 aliphatic heterocycles. The Morgan fingerprint density at radius 2 is 1.85 bits per heavy atom. The quantitative estimate of drug-likeness (QED) is 0.474. The molecule has 0 atom stereocenters. The van der Waals surface area contributed by atoms with Gasteiger partial charge in [-0.1, -0.05) is 0 Å². The molecule has 20 heavy (non-hydrogen) atoms. The number of hydrogen-bond acceptors (Lipinski definition) is 6. The van der Waals surface area contributed by atoms with Crippen molar-refractivity contribution in [3.8, 4) is 22.8 Å². The van der Waals surface area contributed by atoms with Gasteiger partial charge in [-0.25, -0.2) is 0 Å². The van der Waals surface area contributed by atoms with Gasteiger partial charge in [0.2, 0.25) is 0 Å². The highest BCUT2D eigenvalue weighted by molar-refractivity contribution is 5.77. The van der Waals surface area contributed by atoms with Crippen molar-refractivity contribution in [1.29, 1.82) is 0 Å². The summed E-state index contributed by atoms with van der Waals surface area (Å²) in [6.07, 6.45) is 0.524. The first kappa shape index (κ1) is 13.6. The van der Waals surface area contributed by atoms with E-state index in [4.69, 9.17) is 13.9 Å². The highest BCUT2D eigenvalue weighted by Gasteiger charge is 2.22. The second kappa shape index (κ2) is 5.43. The van der Waals surface area contributed by atoms with Gasteiger partial charge >= 0.3 is 0 Å². The van der Waals surface area contributed by atoms with Crippen LogP contribution in [0.15, 0.2) is 28.7 Å². The van der Waals surface area contributed by atoms with Gasteiger partial charge in [0.25, 0.3) is 5.69 Å². The zero-order valence-corrected chi connectivity index (χ0v) is 10.8. The standard InChI is InChI=1S/C13H11NO6/c1-18-12-5-9(11-4-3-8(7-15)20-11)10(14(16)17)6-13(12)19-2/h3-7H,1-2H3. The van der Waals surface area contributed by atoms with E-state index in [-0.39, 0.29) is 28.5 Å². The molecule has 0 fully saturated rings. The number of nitro benzene ring substituents is 1. The number of aldehydes is 1. The molecule has 1 aromatic heterocycles. The van der Waals surface area contributed by atoms with Gasteiger partial charge in [0.15, 0.2) is 23.5 Å². The molecule has 2 aromatic rings. The summed E-state index contributed by atoms with van der Waals surface area (Å²) in [6, 6.07) is 5.60. The number of furan rings is 1. The summed E-state index contributed by atoms with van der Waals surface area (Å²) in [6.45, 7) is 0. The zero-order valence-electron chi connectivity index (χ0n) is 10.8. The summed E-state index contributed by atoms with van der Waals surface area (Å²) in [5.41, 5.74) is 0.00944. The molecule has 0 spiro atoms. The topological polar surface area (TPSA) is 91.8 Å². The molecule has 0 saturated heterocycles. The van der Waals surface area contributed by atoms with Crippen LogP contribution in [0.25, 0.3) is 11.3 Å². The van der Waals surface area contributed by atoms with Crippen molar-refractivity contribution in [2.45, 2.75) is 0 Å². The van der Waals surface area contributed by atoms with Crippen molar-refractivity contribution in [2.75, 3.05) is 14.2 Å². The Labute approximate surface area is 113 Å². The maximum absolute atomic E-state index is 11.1. The molecule has 0 aliphatic rings. The number of nitro groups is 1. The fourth-order valence-electron chi connectivity index (χ4n) is 1.78. The molecule has 1 heterocycles. The first-order chi connectivity index (χ1) is 9.60. The van der Waals surface area contributed by atoms with Gasteiger partial charge in [0.1, 0.15) is 5.76 Å². The number of ether oxygens (including phenoxy) is 2. The lowest BCUT2D eigenvalue weighted by Gasteiger charge is -2.09. The predicted molar refractivity (Wildman–Crippen MR) is 69.3 cm³/mol. The predicted octanol–water partition coefficient (Wildman–Crippen LogP) is 2.68. The van der Waals surface area contributed by atoms with E-state index in [1.807, 2.05) is 0 Å². The van der Waals surface area contributed by atoms with E-state index in [1.165, 1.54) is 38.5 Å². The van der Waals surface area contributed by atoms with Gasteiger partial charge in [-0.05, 0) is 12.1 Å². The normalized spacial score (nSPS) is 10.1. The molecule has 104 valence electrons. The van der Waals surface area contributed by atoms with Crippen LogP contribution in [0.1, 0.15) is 10.6 Å². The minimum absolute atomic E-state index is 0.0871. The second-order valence-corrected chi connectivity index (χ2v) is 3.80. The van der Waals surface area contributed by atoms with Gasteiger partial charge in [0.05, 0.1) is 30.8 Å². The number of methoxy groups -OCH3 is 2. The number of carbonyl (C=O) groups excluding carboxylic acids is 1. The van der Waals surface area contributed by atoms with Gasteiger partial charge in [0, 0.05) is 6.07 Å². The lowest BCUT2D eigenvalue weighted by atomic mass is 10.1. The molecule has 2 rings (SSSR count). The Morgan fingerprint density at radius 3 is 2.35 bits per heavy atom. The number of benzene rings is 1. The molecule has 7 heteroatoms. The van der Waals surface area contributed by atoms with Crippen molar-refractivity contribution in [3.63, 3.8) is 0 Å². The monoisotopic (exact) mass is 277 g/mol. The fraction of sp³-hybridized carbons (Fsp3) is 0.154. The van der Waals surface area contributed by atoms with Crippen LogP contribution >= 0.6 is 0 Å². The van der Waals surface area contributed by atoms with Crippen molar-refractivity contribution in [2.24, 2.45) is 0 Å². The Morgan fingerprint density at radius 1 is 1.20 bits per heavy atom. The molecular formula is C13H11NO6. The van der Waals surface area contributed by atoms with Crippen LogP contribution in [0.3, 0.4) is 0 Å². The molecule has 0 saturated carbocycles. The van der Waals surface area contributed by atoms with Crippen LogP contribution in [0.5, 0.6) is 11.5 Å². The van der Waals surface area contributed by atoms with E-state index >= 15 is 0 Å². The fourth-order valence-corrected chi connectivity index (χ4v) is 1.78. The lowest BCUT2D eigenvalue weighted by Crippen LogP contribution is -1.96. The summed E-state index contributed by atoms with van der Waals surface area (Å²) >= 11 is 0. The highest BCUT2D eigenvalue weighted by atomic mass is 16.6. The molecule has 0 bridgehead atoms. The highest BCUT2D eigenvalue weighted by Crippen LogP contribution is 2.40. The minimum Gasteiger partial charge on any atom is -0.493 e. The molecule has 0 amide bonds. The maximum Gasteiger partial charge on any atom is 0.284 e. The molecule has 0 aliphatic carbocycles. The summed E-state index contributed by atoms with van der Waals surface area (Å²) in [4.78, 5) is 21.2. The van der Waals surface area contributed by atoms with E-state index in [2.05, 4.69) is 0 Å². The third kappa shape index (κ3) is 2.33. The number of carbonyl (C=O) groups is 1. The minimum atomic E-state index is -0.555. The SMILES string of the molecule is COc1cc(-c2ccc(C=O)o2)c([N+](=O)[O-])cc1OC. The van der Waals surface area contributed by atoms with Crippen LogP contribution in [-0.4, -0.2) is 25.4 Å². The molecular weight excluding hydrogens is 266 g/mol. The average Bonchev–Trinajstić information content (AvgIpc) is 2.94. The smallest absolute Gasteiger partial charge is 0.284 e. The van der Waals surface area contributed by atoms with Crippen LogP contribution in [0.4, 0.5) is 5.69 Å². The zero-order chi connectivity index (χ0) is 14.7. The molecule has 7 nitrogen and oxygen atoms in total. The van der Waals surface area contributed by atoms with Crippen molar-refractivity contribution in [1.82, 2.24) is 0 Å². The Kier molecular flexibility index (Phi) is 3.69.